The SMILES string of the molecule is CS(=O)(=O)N(Cc1c(Cl)cccc1Cl)c1ccc(C(=O)NC2CCCCCC2)cc1. The first-order chi connectivity index (χ1) is 14.3. The lowest BCUT2D eigenvalue weighted by atomic mass is 10.1. The minimum atomic E-state index is -3.59. The molecule has 3 rings (SSSR count). The smallest absolute Gasteiger partial charge is 0.251 e. The van der Waals surface area contributed by atoms with E-state index in [2.05, 4.69) is 5.32 Å². The third kappa shape index (κ3) is 5.90. The molecular weight excluding hydrogens is 443 g/mol. The molecule has 0 heterocycles. The van der Waals surface area contributed by atoms with Crippen molar-refractivity contribution in [2.45, 2.75) is 51.1 Å². The molecule has 162 valence electrons. The predicted molar refractivity (Wildman–Crippen MR) is 123 cm³/mol. The van der Waals surface area contributed by atoms with Gasteiger partial charge in [0.25, 0.3) is 5.91 Å². The summed E-state index contributed by atoms with van der Waals surface area (Å²) in [6.07, 6.45) is 7.85. The van der Waals surface area contributed by atoms with Crippen molar-refractivity contribution in [1.29, 1.82) is 0 Å². The Hall–Kier alpha value is -1.76. The Balaban J connectivity index is 1.78. The second-order valence-corrected chi connectivity index (χ2v) is 10.4. The number of rotatable bonds is 6. The quantitative estimate of drug-likeness (QED) is 0.575. The van der Waals surface area contributed by atoms with Gasteiger partial charge in [-0.3, -0.25) is 9.10 Å². The second-order valence-electron chi connectivity index (χ2n) is 7.68. The number of anilines is 1. The first-order valence-corrected chi connectivity index (χ1v) is 12.7. The minimum absolute atomic E-state index is 0.00492. The third-order valence-corrected chi connectivity index (χ3v) is 7.22. The highest BCUT2D eigenvalue weighted by atomic mass is 35.5. The van der Waals surface area contributed by atoms with Gasteiger partial charge in [0, 0.05) is 27.2 Å². The summed E-state index contributed by atoms with van der Waals surface area (Å²) in [7, 11) is -3.59. The lowest BCUT2D eigenvalue weighted by molar-refractivity contribution is 0.0933. The van der Waals surface area contributed by atoms with Gasteiger partial charge < -0.3 is 5.32 Å². The fourth-order valence-corrected chi connectivity index (χ4v) is 5.08. The molecule has 8 heteroatoms. The van der Waals surface area contributed by atoms with Crippen LogP contribution in [0, 0.1) is 0 Å². The Bertz CT molecular complexity index is 966. The zero-order chi connectivity index (χ0) is 21.7. The van der Waals surface area contributed by atoms with E-state index in [1.54, 1.807) is 42.5 Å². The molecule has 1 fully saturated rings. The molecule has 30 heavy (non-hydrogen) atoms. The molecule has 0 spiro atoms. The van der Waals surface area contributed by atoms with Crippen molar-refractivity contribution in [3.8, 4) is 0 Å². The number of carbonyl (C=O) groups excluding carboxylic acids is 1. The van der Waals surface area contributed by atoms with E-state index in [4.69, 9.17) is 23.2 Å². The normalized spacial score (nSPS) is 15.4. The fourth-order valence-electron chi connectivity index (χ4n) is 3.70. The number of carbonyl (C=O) groups is 1. The average Bonchev–Trinajstić information content (AvgIpc) is 2.95. The monoisotopic (exact) mass is 468 g/mol. The van der Waals surface area contributed by atoms with E-state index in [-0.39, 0.29) is 18.5 Å². The highest BCUT2D eigenvalue weighted by Gasteiger charge is 2.21. The number of amides is 1. The molecule has 0 unspecified atom stereocenters. The van der Waals surface area contributed by atoms with Crippen LogP contribution < -0.4 is 9.62 Å². The number of benzene rings is 2. The average molecular weight is 469 g/mol. The Kier molecular flexibility index (Phi) is 7.66. The Morgan fingerprint density at radius 3 is 2.10 bits per heavy atom. The summed E-state index contributed by atoms with van der Waals surface area (Å²) >= 11 is 12.4. The molecule has 1 N–H and O–H groups in total. The summed E-state index contributed by atoms with van der Waals surface area (Å²) in [5.74, 6) is -0.131. The highest BCUT2D eigenvalue weighted by molar-refractivity contribution is 7.92. The van der Waals surface area contributed by atoms with E-state index >= 15 is 0 Å². The fraction of sp³-hybridized carbons (Fsp3) is 0.409. The van der Waals surface area contributed by atoms with Gasteiger partial charge in [0.05, 0.1) is 18.5 Å². The minimum Gasteiger partial charge on any atom is -0.349 e. The lowest BCUT2D eigenvalue weighted by Gasteiger charge is -2.24. The zero-order valence-electron chi connectivity index (χ0n) is 16.9. The van der Waals surface area contributed by atoms with Crippen molar-refractivity contribution in [3.05, 3.63) is 63.6 Å². The molecule has 0 saturated heterocycles. The van der Waals surface area contributed by atoms with Crippen LogP contribution in [-0.4, -0.2) is 26.6 Å². The summed E-state index contributed by atoms with van der Waals surface area (Å²) < 4.78 is 26.1. The van der Waals surface area contributed by atoms with Crippen molar-refractivity contribution >= 4 is 44.8 Å². The molecule has 0 atom stereocenters. The van der Waals surface area contributed by atoms with Gasteiger partial charge in [-0.25, -0.2) is 8.42 Å². The van der Waals surface area contributed by atoms with Crippen molar-refractivity contribution in [2.24, 2.45) is 0 Å². The van der Waals surface area contributed by atoms with Crippen molar-refractivity contribution in [3.63, 3.8) is 0 Å². The maximum Gasteiger partial charge on any atom is 0.251 e. The van der Waals surface area contributed by atoms with Crippen LogP contribution in [0.2, 0.25) is 10.0 Å². The molecule has 0 radical (unpaired) electrons. The molecule has 0 aromatic heterocycles. The Morgan fingerprint density at radius 2 is 1.57 bits per heavy atom. The first kappa shape index (κ1) is 22.9. The van der Waals surface area contributed by atoms with Gasteiger partial charge in [-0.15, -0.1) is 0 Å². The predicted octanol–water partition coefficient (Wildman–Crippen LogP) is 5.41. The molecule has 0 aliphatic heterocycles. The van der Waals surface area contributed by atoms with E-state index in [1.165, 1.54) is 17.1 Å². The molecular formula is C22H26Cl2N2O3S. The third-order valence-electron chi connectivity index (χ3n) is 5.37. The maximum atomic E-state index is 12.6. The zero-order valence-corrected chi connectivity index (χ0v) is 19.2. The molecule has 1 amide bonds. The molecule has 1 aliphatic carbocycles. The second kappa shape index (κ2) is 10.0. The van der Waals surface area contributed by atoms with Gasteiger partial charge in [0.15, 0.2) is 0 Å². The van der Waals surface area contributed by atoms with Crippen LogP contribution in [0.5, 0.6) is 0 Å². The number of sulfonamides is 1. The van der Waals surface area contributed by atoms with Gasteiger partial charge >= 0.3 is 0 Å². The van der Waals surface area contributed by atoms with E-state index in [9.17, 15) is 13.2 Å². The summed E-state index contributed by atoms with van der Waals surface area (Å²) in [5.41, 5.74) is 1.48. The van der Waals surface area contributed by atoms with Crippen LogP contribution in [0.25, 0.3) is 0 Å². The summed E-state index contributed by atoms with van der Waals surface area (Å²) in [6.45, 7) is 0.00492. The molecule has 0 bridgehead atoms. The van der Waals surface area contributed by atoms with E-state index in [1.807, 2.05) is 0 Å². The summed E-state index contributed by atoms with van der Waals surface area (Å²) in [5, 5.41) is 3.90. The first-order valence-electron chi connectivity index (χ1n) is 10.1. The molecule has 5 nitrogen and oxygen atoms in total. The molecule has 2 aromatic rings. The van der Waals surface area contributed by atoms with Crippen molar-refractivity contribution < 1.29 is 13.2 Å². The van der Waals surface area contributed by atoms with Crippen LogP contribution in [-0.2, 0) is 16.6 Å². The van der Waals surface area contributed by atoms with Gasteiger partial charge in [0.1, 0.15) is 0 Å². The van der Waals surface area contributed by atoms with Gasteiger partial charge in [0.2, 0.25) is 10.0 Å². The van der Waals surface area contributed by atoms with Crippen LogP contribution >= 0.6 is 23.2 Å². The molecule has 1 saturated carbocycles. The number of halogens is 2. The summed E-state index contributed by atoms with van der Waals surface area (Å²) in [4.78, 5) is 12.6. The van der Waals surface area contributed by atoms with Crippen molar-refractivity contribution in [2.75, 3.05) is 10.6 Å². The molecule has 2 aromatic carbocycles. The van der Waals surface area contributed by atoms with Crippen LogP contribution in [0.3, 0.4) is 0 Å². The van der Waals surface area contributed by atoms with Crippen LogP contribution in [0.4, 0.5) is 5.69 Å². The number of nitrogens with zero attached hydrogens (tertiary/aromatic N) is 1. The maximum absolute atomic E-state index is 12.6. The van der Waals surface area contributed by atoms with Crippen LogP contribution in [0.15, 0.2) is 42.5 Å². The Labute approximate surface area is 188 Å². The number of hydrogen-bond acceptors (Lipinski definition) is 3. The molecule has 1 aliphatic rings. The highest BCUT2D eigenvalue weighted by Crippen LogP contribution is 2.29. The van der Waals surface area contributed by atoms with Gasteiger partial charge in [-0.1, -0.05) is 55.0 Å². The van der Waals surface area contributed by atoms with E-state index < -0.39 is 10.0 Å². The Morgan fingerprint density at radius 1 is 1.00 bits per heavy atom. The van der Waals surface area contributed by atoms with Crippen molar-refractivity contribution in [1.82, 2.24) is 5.32 Å². The lowest BCUT2D eigenvalue weighted by Crippen LogP contribution is -2.34. The topological polar surface area (TPSA) is 66.5 Å². The standard InChI is InChI=1S/C22H26Cl2N2O3S/c1-30(28,29)26(15-19-20(23)9-6-10-21(19)24)18-13-11-16(12-14-18)22(27)25-17-7-4-2-3-5-8-17/h6,9-14,17H,2-5,7-8,15H2,1H3,(H,25,27). The number of nitrogens with one attached hydrogen (secondary N) is 1. The summed E-state index contributed by atoms with van der Waals surface area (Å²) in [6, 6.07) is 11.8. The van der Waals surface area contributed by atoms with Gasteiger partial charge in [-0.05, 0) is 49.2 Å². The largest absolute Gasteiger partial charge is 0.349 e. The number of hydrogen-bond donors (Lipinski definition) is 1. The van der Waals surface area contributed by atoms with E-state index in [0.29, 0.717) is 26.9 Å². The van der Waals surface area contributed by atoms with E-state index in [0.717, 1.165) is 31.9 Å². The van der Waals surface area contributed by atoms with Crippen LogP contribution in [0.1, 0.15) is 54.4 Å². The van der Waals surface area contributed by atoms with Gasteiger partial charge in [-0.2, -0.15) is 0 Å².